The number of nitrogen functional groups attached to an aromatic ring is 1. The summed E-state index contributed by atoms with van der Waals surface area (Å²) in [7, 11) is 0. The predicted octanol–water partition coefficient (Wildman–Crippen LogP) is 1.73. The number of amides is 1. The maximum atomic E-state index is 12.2. The van der Waals surface area contributed by atoms with E-state index in [0.717, 1.165) is 24.1 Å². The molecule has 0 aliphatic rings. The van der Waals surface area contributed by atoms with Gasteiger partial charge in [0.15, 0.2) is 5.13 Å². The standard InChI is InChI=1S/C16H22N4OS/c1-16(18,10-12-6-3-2-4-7-12)14(21)19-9-5-8-13-11-22-15(17)20-13/h2-4,6-7,11H,5,8-10,18H2,1H3,(H2,17,20)(H,19,21)/t16-/m0/s1. The lowest BCUT2D eigenvalue weighted by atomic mass is 9.93. The topological polar surface area (TPSA) is 94.0 Å². The first-order valence-corrected chi connectivity index (χ1v) is 8.16. The zero-order chi connectivity index (χ0) is 16.0. The Balaban J connectivity index is 1.75. The Labute approximate surface area is 134 Å². The lowest BCUT2D eigenvalue weighted by molar-refractivity contribution is -0.125. The molecule has 0 radical (unpaired) electrons. The van der Waals surface area contributed by atoms with Crippen molar-refractivity contribution in [2.24, 2.45) is 5.73 Å². The Morgan fingerprint density at radius 3 is 2.73 bits per heavy atom. The molecule has 0 fully saturated rings. The SMILES string of the molecule is C[C@](N)(Cc1ccccc1)C(=O)NCCCc1csc(N)n1. The molecule has 0 bridgehead atoms. The largest absolute Gasteiger partial charge is 0.375 e. The minimum atomic E-state index is -0.910. The molecule has 0 aliphatic carbocycles. The highest BCUT2D eigenvalue weighted by Gasteiger charge is 2.28. The Morgan fingerprint density at radius 2 is 2.09 bits per heavy atom. The van der Waals surface area contributed by atoms with E-state index in [2.05, 4.69) is 10.3 Å². The van der Waals surface area contributed by atoms with Gasteiger partial charge in [-0.15, -0.1) is 11.3 Å². The normalized spacial score (nSPS) is 13.5. The van der Waals surface area contributed by atoms with Crippen LogP contribution in [-0.2, 0) is 17.6 Å². The smallest absolute Gasteiger partial charge is 0.240 e. The van der Waals surface area contributed by atoms with Gasteiger partial charge < -0.3 is 16.8 Å². The van der Waals surface area contributed by atoms with Gasteiger partial charge in [0.1, 0.15) is 0 Å². The molecule has 5 nitrogen and oxygen atoms in total. The Bertz CT molecular complexity index is 610. The zero-order valence-electron chi connectivity index (χ0n) is 12.7. The molecule has 1 aromatic heterocycles. The number of thiazole rings is 1. The third-order valence-electron chi connectivity index (χ3n) is 3.40. The van der Waals surface area contributed by atoms with Crippen molar-refractivity contribution >= 4 is 22.4 Å². The van der Waals surface area contributed by atoms with E-state index in [9.17, 15) is 4.79 Å². The third kappa shape index (κ3) is 4.82. The van der Waals surface area contributed by atoms with Crippen LogP contribution in [0.3, 0.4) is 0 Å². The van der Waals surface area contributed by atoms with Crippen LogP contribution in [0, 0.1) is 0 Å². The van der Waals surface area contributed by atoms with Crippen LogP contribution >= 0.6 is 11.3 Å². The summed E-state index contributed by atoms with van der Waals surface area (Å²) in [5.74, 6) is -0.130. The summed E-state index contributed by atoms with van der Waals surface area (Å²) < 4.78 is 0. The number of nitrogens with two attached hydrogens (primary N) is 2. The summed E-state index contributed by atoms with van der Waals surface area (Å²) >= 11 is 1.43. The molecule has 1 amide bonds. The van der Waals surface area contributed by atoms with Crippen molar-refractivity contribution < 1.29 is 4.79 Å². The van der Waals surface area contributed by atoms with Gasteiger partial charge in [-0.2, -0.15) is 0 Å². The highest BCUT2D eigenvalue weighted by molar-refractivity contribution is 7.13. The molecule has 1 heterocycles. The van der Waals surface area contributed by atoms with Crippen molar-refractivity contribution in [2.75, 3.05) is 12.3 Å². The minimum Gasteiger partial charge on any atom is -0.375 e. The number of aryl methyl sites for hydroxylation is 1. The van der Waals surface area contributed by atoms with Crippen LogP contribution in [0.25, 0.3) is 0 Å². The van der Waals surface area contributed by atoms with Crippen molar-refractivity contribution in [2.45, 2.75) is 31.7 Å². The summed E-state index contributed by atoms with van der Waals surface area (Å²) in [6, 6.07) is 9.80. The quantitative estimate of drug-likeness (QED) is 0.678. The minimum absolute atomic E-state index is 0.130. The second kappa shape index (κ2) is 7.38. The second-order valence-electron chi connectivity index (χ2n) is 5.62. The lowest BCUT2D eigenvalue weighted by Crippen LogP contribution is -2.53. The van der Waals surface area contributed by atoms with Crippen molar-refractivity contribution in [3.8, 4) is 0 Å². The molecule has 0 saturated carbocycles. The number of aromatic nitrogens is 1. The number of carbonyl (C=O) groups excluding carboxylic acids is 1. The molecule has 118 valence electrons. The van der Waals surface area contributed by atoms with Crippen LogP contribution < -0.4 is 16.8 Å². The van der Waals surface area contributed by atoms with Crippen LogP contribution in [0.2, 0.25) is 0 Å². The van der Waals surface area contributed by atoms with E-state index >= 15 is 0 Å². The van der Waals surface area contributed by atoms with E-state index in [1.54, 1.807) is 6.92 Å². The van der Waals surface area contributed by atoms with E-state index in [0.29, 0.717) is 18.1 Å². The summed E-state index contributed by atoms with van der Waals surface area (Å²) in [6.07, 6.45) is 2.13. The number of hydrogen-bond donors (Lipinski definition) is 3. The van der Waals surface area contributed by atoms with Crippen LogP contribution in [0.4, 0.5) is 5.13 Å². The molecule has 6 heteroatoms. The van der Waals surface area contributed by atoms with E-state index in [4.69, 9.17) is 11.5 Å². The summed E-state index contributed by atoms with van der Waals surface area (Å²) in [4.78, 5) is 16.4. The first-order chi connectivity index (χ1) is 10.5. The average Bonchev–Trinajstić information content (AvgIpc) is 2.89. The number of hydrogen-bond acceptors (Lipinski definition) is 5. The molecular formula is C16H22N4OS. The molecule has 0 unspecified atom stereocenters. The van der Waals surface area contributed by atoms with Crippen LogP contribution in [0.5, 0.6) is 0 Å². The number of rotatable bonds is 7. The molecule has 1 atom stereocenters. The molecule has 2 rings (SSSR count). The molecule has 2 aromatic rings. The fourth-order valence-corrected chi connectivity index (χ4v) is 2.81. The fourth-order valence-electron chi connectivity index (χ4n) is 2.21. The van der Waals surface area contributed by atoms with Crippen LogP contribution in [-0.4, -0.2) is 23.0 Å². The van der Waals surface area contributed by atoms with Gasteiger partial charge >= 0.3 is 0 Å². The first kappa shape index (κ1) is 16.5. The first-order valence-electron chi connectivity index (χ1n) is 7.28. The maximum Gasteiger partial charge on any atom is 0.240 e. The molecule has 5 N–H and O–H groups in total. The second-order valence-corrected chi connectivity index (χ2v) is 6.51. The van der Waals surface area contributed by atoms with E-state index in [-0.39, 0.29) is 5.91 Å². The third-order valence-corrected chi connectivity index (χ3v) is 4.12. The summed E-state index contributed by atoms with van der Waals surface area (Å²) in [5.41, 5.74) is 12.8. The molecule has 1 aromatic carbocycles. The van der Waals surface area contributed by atoms with Gasteiger partial charge in [-0.3, -0.25) is 4.79 Å². The highest BCUT2D eigenvalue weighted by Crippen LogP contribution is 2.13. The van der Waals surface area contributed by atoms with E-state index in [1.165, 1.54) is 11.3 Å². The van der Waals surface area contributed by atoms with E-state index < -0.39 is 5.54 Å². The summed E-state index contributed by atoms with van der Waals surface area (Å²) in [6.45, 7) is 2.34. The molecule has 22 heavy (non-hydrogen) atoms. The number of anilines is 1. The van der Waals surface area contributed by atoms with Gasteiger partial charge in [0.2, 0.25) is 5.91 Å². The van der Waals surface area contributed by atoms with Crippen molar-refractivity contribution in [3.05, 3.63) is 47.0 Å². The van der Waals surface area contributed by atoms with Crippen molar-refractivity contribution in [3.63, 3.8) is 0 Å². The van der Waals surface area contributed by atoms with Gasteiger partial charge in [0.25, 0.3) is 0 Å². The summed E-state index contributed by atoms with van der Waals surface area (Å²) in [5, 5.41) is 5.42. The van der Waals surface area contributed by atoms with Gasteiger partial charge in [0, 0.05) is 11.9 Å². The number of carbonyl (C=O) groups is 1. The number of nitrogens with zero attached hydrogens (tertiary/aromatic N) is 1. The van der Waals surface area contributed by atoms with Gasteiger partial charge in [-0.1, -0.05) is 30.3 Å². The number of nitrogens with one attached hydrogen (secondary N) is 1. The lowest BCUT2D eigenvalue weighted by Gasteiger charge is -2.23. The zero-order valence-corrected chi connectivity index (χ0v) is 13.5. The molecule has 0 saturated heterocycles. The maximum absolute atomic E-state index is 12.2. The van der Waals surface area contributed by atoms with Crippen LogP contribution in [0.15, 0.2) is 35.7 Å². The van der Waals surface area contributed by atoms with Gasteiger partial charge in [-0.25, -0.2) is 4.98 Å². The van der Waals surface area contributed by atoms with E-state index in [1.807, 2.05) is 35.7 Å². The van der Waals surface area contributed by atoms with Gasteiger partial charge in [0.05, 0.1) is 11.2 Å². The fraction of sp³-hybridized carbons (Fsp3) is 0.375. The Hall–Kier alpha value is -1.92. The highest BCUT2D eigenvalue weighted by atomic mass is 32.1. The van der Waals surface area contributed by atoms with Crippen molar-refractivity contribution in [1.29, 1.82) is 0 Å². The Kier molecular flexibility index (Phi) is 5.51. The molecular weight excluding hydrogens is 296 g/mol. The van der Waals surface area contributed by atoms with Gasteiger partial charge in [-0.05, 0) is 31.7 Å². The Morgan fingerprint density at radius 1 is 1.36 bits per heavy atom. The molecule has 0 spiro atoms. The predicted molar refractivity (Wildman–Crippen MR) is 90.6 cm³/mol. The molecule has 0 aliphatic heterocycles. The van der Waals surface area contributed by atoms with Crippen LogP contribution in [0.1, 0.15) is 24.6 Å². The monoisotopic (exact) mass is 318 g/mol. The van der Waals surface area contributed by atoms with Crippen molar-refractivity contribution in [1.82, 2.24) is 10.3 Å². The number of benzene rings is 1. The average molecular weight is 318 g/mol.